The second-order valence-electron chi connectivity index (χ2n) is 7.56. The van der Waals surface area contributed by atoms with Crippen molar-refractivity contribution in [3.05, 3.63) is 34.7 Å². The van der Waals surface area contributed by atoms with Crippen molar-refractivity contribution in [2.75, 3.05) is 31.2 Å². The number of ether oxygens (including phenoxy) is 1. The molecule has 1 fully saturated rings. The Morgan fingerprint density at radius 3 is 2.42 bits per heavy atom. The summed E-state index contributed by atoms with van der Waals surface area (Å²) < 4.78 is 5.40. The summed E-state index contributed by atoms with van der Waals surface area (Å²) in [6.45, 7) is 3.21. The van der Waals surface area contributed by atoms with Crippen LogP contribution in [-0.2, 0) is 19.1 Å². The zero-order valence-corrected chi connectivity index (χ0v) is 18.2. The van der Waals surface area contributed by atoms with Crippen molar-refractivity contribution in [1.82, 2.24) is 4.98 Å². The first-order valence-corrected chi connectivity index (χ1v) is 11.3. The lowest BCUT2D eigenvalue weighted by Crippen LogP contribution is -2.36. The Morgan fingerprint density at radius 1 is 1.06 bits per heavy atom. The maximum Gasteiger partial charge on any atom is 0.285 e. The Morgan fingerprint density at radius 2 is 1.77 bits per heavy atom. The summed E-state index contributed by atoms with van der Waals surface area (Å²) >= 11 is 1.36. The Bertz CT molecular complexity index is 906. The first-order valence-electron chi connectivity index (χ1n) is 10.5. The quantitative estimate of drug-likeness (QED) is 0.404. The number of hydrogen-bond donors (Lipinski definition) is 2. The number of carbonyl (C=O) groups excluding carboxylic acids is 3. The number of hydrogen-bond acceptors (Lipinski definition) is 7. The number of rotatable bonds is 11. The number of nitrogens with zero attached hydrogens (tertiary/aromatic N) is 2. The summed E-state index contributed by atoms with van der Waals surface area (Å²) in [6.07, 6.45) is 2.86. The van der Waals surface area contributed by atoms with Gasteiger partial charge in [0, 0.05) is 36.1 Å². The second kappa shape index (κ2) is 11.0. The van der Waals surface area contributed by atoms with E-state index in [9.17, 15) is 14.4 Å². The Kier molecular flexibility index (Phi) is 8.13. The maximum atomic E-state index is 12.4. The molecule has 0 radical (unpaired) electrons. The summed E-state index contributed by atoms with van der Waals surface area (Å²) in [4.78, 5) is 41.7. The molecule has 9 heteroatoms. The summed E-state index contributed by atoms with van der Waals surface area (Å²) in [5, 5.41) is 2.49. The highest BCUT2D eigenvalue weighted by atomic mass is 32.1. The van der Waals surface area contributed by atoms with Crippen LogP contribution < -0.4 is 16.4 Å². The van der Waals surface area contributed by atoms with Gasteiger partial charge in [-0.3, -0.25) is 14.4 Å². The Balaban J connectivity index is 1.68. The van der Waals surface area contributed by atoms with Gasteiger partial charge >= 0.3 is 0 Å². The molecule has 2 aromatic rings. The number of primary amides is 2. The lowest BCUT2D eigenvalue weighted by atomic mass is 9.96. The number of morpholine rings is 1. The molecule has 0 aliphatic carbocycles. The molecule has 1 unspecified atom stereocenters. The number of Topliss-reactive ketones (excluding diaryl/α,β-unsaturated/α-hetero) is 1. The van der Waals surface area contributed by atoms with Crippen LogP contribution in [0.1, 0.15) is 43.0 Å². The van der Waals surface area contributed by atoms with E-state index in [1.165, 1.54) is 11.3 Å². The van der Waals surface area contributed by atoms with Crippen molar-refractivity contribution in [2.45, 2.75) is 38.0 Å². The molecule has 1 aromatic heterocycles. The van der Waals surface area contributed by atoms with Crippen LogP contribution in [0.4, 0.5) is 5.69 Å². The van der Waals surface area contributed by atoms with Gasteiger partial charge < -0.3 is 21.1 Å². The molecule has 0 spiro atoms. The number of amides is 2. The molecular formula is C22H28N4O4S. The average Bonchev–Trinajstić information content (AvgIpc) is 3.26. The fourth-order valence-electron chi connectivity index (χ4n) is 3.61. The standard InChI is InChI=1S/C22H28N4O4S/c23-19(27)5-3-1-2-4-17(20(28)21(24)29)22-25-18(14-31-22)15-6-8-16(9-7-15)26-10-12-30-13-11-26/h6-9,14,17H,1-5,10-13H2,(H2,23,27)(H2,24,29). The van der Waals surface area contributed by atoms with Gasteiger partial charge in [-0.25, -0.2) is 4.98 Å². The zero-order valence-electron chi connectivity index (χ0n) is 17.4. The van der Waals surface area contributed by atoms with Crippen molar-refractivity contribution in [2.24, 2.45) is 11.5 Å². The molecule has 1 aliphatic heterocycles. The second-order valence-corrected chi connectivity index (χ2v) is 8.45. The molecule has 0 saturated carbocycles. The van der Waals surface area contributed by atoms with E-state index in [1.54, 1.807) is 0 Å². The minimum atomic E-state index is -0.950. The number of unbranched alkanes of at least 4 members (excludes halogenated alkanes) is 2. The number of aromatic nitrogens is 1. The van der Waals surface area contributed by atoms with Gasteiger partial charge in [0.15, 0.2) is 0 Å². The van der Waals surface area contributed by atoms with Crippen LogP contribution >= 0.6 is 11.3 Å². The van der Waals surface area contributed by atoms with Crippen molar-refractivity contribution in [3.8, 4) is 11.3 Å². The predicted octanol–water partition coefficient (Wildman–Crippen LogP) is 2.22. The van der Waals surface area contributed by atoms with E-state index in [-0.39, 0.29) is 5.91 Å². The van der Waals surface area contributed by atoms with Gasteiger partial charge in [0.05, 0.1) is 24.8 Å². The largest absolute Gasteiger partial charge is 0.378 e. The van der Waals surface area contributed by atoms with Crippen LogP contribution in [0.3, 0.4) is 0 Å². The molecule has 3 rings (SSSR count). The van der Waals surface area contributed by atoms with Gasteiger partial charge in [0.1, 0.15) is 5.01 Å². The molecule has 1 aliphatic rings. The first kappa shape index (κ1) is 22.9. The lowest BCUT2D eigenvalue weighted by molar-refractivity contribution is -0.137. The Hall–Kier alpha value is -2.78. The van der Waals surface area contributed by atoms with Crippen LogP contribution in [-0.4, -0.2) is 48.9 Å². The molecule has 8 nitrogen and oxygen atoms in total. The number of ketones is 1. The SMILES string of the molecule is NC(=O)CCCCCC(C(=O)C(N)=O)c1nc(-c2ccc(N3CCOCC3)cc2)cs1. The normalized spacial score (nSPS) is 14.9. The van der Waals surface area contributed by atoms with E-state index < -0.39 is 17.6 Å². The summed E-state index contributed by atoms with van der Waals surface area (Å²) in [5.74, 6) is -2.57. The van der Waals surface area contributed by atoms with Crippen molar-refractivity contribution < 1.29 is 19.1 Å². The highest BCUT2D eigenvalue weighted by Crippen LogP contribution is 2.31. The summed E-state index contributed by atoms with van der Waals surface area (Å²) in [7, 11) is 0. The average molecular weight is 445 g/mol. The maximum absolute atomic E-state index is 12.4. The third-order valence-corrected chi connectivity index (χ3v) is 6.29. The minimum Gasteiger partial charge on any atom is -0.378 e. The summed E-state index contributed by atoms with van der Waals surface area (Å²) in [5.41, 5.74) is 13.3. The highest BCUT2D eigenvalue weighted by Gasteiger charge is 2.27. The first-order chi connectivity index (χ1) is 15.0. The molecule has 2 heterocycles. The topological polar surface area (TPSA) is 129 Å². The monoisotopic (exact) mass is 444 g/mol. The number of anilines is 1. The molecule has 31 heavy (non-hydrogen) atoms. The Labute approximate surface area is 185 Å². The molecule has 2 amide bonds. The van der Waals surface area contributed by atoms with Crippen LogP contribution in [0.15, 0.2) is 29.6 Å². The molecule has 166 valence electrons. The van der Waals surface area contributed by atoms with Gasteiger partial charge in [-0.15, -0.1) is 11.3 Å². The van der Waals surface area contributed by atoms with Gasteiger partial charge in [-0.05, 0) is 25.0 Å². The molecule has 0 bridgehead atoms. The van der Waals surface area contributed by atoms with E-state index in [4.69, 9.17) is 16.2 Å². The predicted molar refractivity (Wildman–Crippen MR) is 120 cm³/mol. The molecule has 4 N–H and O–H groups in total. The highest BCUT2D eigenvalue weighted by molar-refractivity contribution is 7.10. The number of carbonyl (C=O) groups is 3. The number of thiazole rings is 1. The number of nitrogens with two attached hydrogens (primary N) is 2. The smallest absolute Gasteiger partial charge is 0.285 e. The van der Waals surface area contributed by atoms with Gasteiger partial charge in [0.2, 0.25) is 11.7 Å². The molecule has 1 saturated heterocycles. The zero-order chi connectivity index (χ0) is 22.2. The van der Waals surface area contributed by atoms with Crippen LogP contribution in [0.2, 0.25) is 0 Å². The van der Waals surface area contributed by atoms with Gasteiger partial charge in [0.25, 0.3) is 5.91 Å². The van der Waals surface area contributed by atoms with Crippen molar-refractivity contribution in [3.63, 3.8) is 0 Å². The van der Waals surface area contributed by atoms with Crippen LogP contribution in [0.25, 0.3) is 11.3 Å². The fraction of sp³-hybridized carbons (Fsp3) is 0.455. The summed E-state index contributed by atoms with van der Waals surface area (Å²) in [6, 6.07) is 8.14. The van der Waals surface area contributed by atoms with E-state index in [1.807, 2.05) is 17.5 Å². The van der Waals surface area contributed by atoms with E-state index >= 15 is 0 Å². The van der Waals surface area contributed by atoms with E-state index in [0.717, 1.165) is 49.7 Å². The minimum absolute atomic E-state index is 0.316. The third-order valence-electron chi connectivity index (χ3n) is 5.33. The number of benzene rings is 1. The van der Waals surface area contributed by atoms with E-state index in [0.29, 0.717) is 30.7 Å². The molecule has 1 aromatic carbocycles. The van der Waals surface area contributed by atoms with Crippen molar-refractivity contribution >= 4 is 34.6 Å². The lowest BCUT2D eigenvalue weighted by Gasteiger charge is -2.28. The van der Waals surface area contributed by atoms with Crippen LogP contribution in [0, 0.1) is 0 Å². The van der Waals surface area contributed by atoms with E-state index in [2.05, 4.69) is 22.0 Å². The molecular weight excluding hydrogens is 416 g/mol. The molecule has 1 atom stereocenters. The third kappa shape index (κ3) is 6.35. The van der Waals surface area contributed by atoms with Gasteiger partial charge in [-0.1, -0.05) is 25.0 Å². The van der Waals surface area contributed by atoms with Crippen molar-refractivity contribution in [1.29, 1.82) is 0 Å². The van der Waals surface area contributed by atoms with Crippen LogP contribution in [0.5, 0.6) is 0 Å². The van der Waals surface area contributed by atoms with Gasteiger partial charge in [-0.2, -0.15) is 0 Å². The fourth-order valence-corrected chi connectivity index (χ4v) is 4.57.